The molecule has 1 radical (unpaired) electrons. The quantitative estimate of drug-likeness (QED) is 0.548. The Morgan fingerprint density at radius 3 is 0.846 bits per heavy atom. The van der Waals surface area contributed by atoms with Gasteiger partial charge in [0.25, 0.3) is 0 Å². The molecule has 1 heteroatoms. The Bertz CT molecular complexity index is 38.1. The first-order chi connectivity index (χ1) is 5.41. The second-order valence-corrected chi connectivity index (χ2v) is 3.33. The van der Waals surface area contributed by atoms with Crippen LogP contribution in [0.15, 0.2) is 0 Å². The van der Waals surface area contributed by atoms with Crippen LogP contribution in [0.2, 0.25) is 0 Å². The van der Waals surface area contributed by atoms with Gasteiger partial charge in [0.1, 0.15) is 0 Å². The van der Waals surface area contributed by atoms with Crippen LogP contribution >= 0.6 is 0 Å². The molecule has 0 atom stereocenters. The molecule has 0 nitrogen and oxygen atoms in total. The van der Waals surface area contributed by atoms with E-state index >= 15 is 0 Å². The van der Waals surface area contributed by atoms with Gasteiger partial charge < -0.3 is 14.4 Å². The minimum atomic E-state index is 0. The summed E-state index contributed by atoms with van der Waals surface area (Å²) < 4.78 is 0. The standard InChI is InChI=1S/2C4H8.C3H7.CH3.Y/c2*1-2-4-3-1;1-3-2;;/h2*1-4H2;1,3H2,2H3;1H3;/q;;2*-1;. The van der Waals surface area contributed by atoms with Gasteiger partial charge in [-0.1, -0.05) is 58.3 Å². The minimum absolute atomic E-state index is 0. The van der Waals surface area contributed by atoms with E-state index in [1.165, 1.54) is 51.4 Å². The molecule has 0 aromatic carbocycles. The van der Waals surface area contributed by atoms with E-state index in [2.05, 4.69) is 6.92 Å². The Kier molecular flexibility index (Phi) is 28.4. The fraction of sp³-hybridized carbons (Fsp3) is 0.833. The maximum Gasteiger partial charge on any atom is 0 e. The third-order valence-electron chi connectivity index (χ3n) is 2.00. The van der Waals surface area contributed by atoms with Crippen molar-refractivity contribution >= 4 is 0 Å². The summed E-state index contributed by atoms with van der Waals surface area (Å²) in [6.07, 6.45) is 13.0. The topological polar surface area (TPSA) is 0 Å². The molecule has 0 spiro atoms. The molecule has 0 aromatic heterocycles. The summed E-state index contributed by atoms with van der Waals surface area (Å²) in [7, 11) is 0. The zero-order valence-corrected chi connectivity index (χ0v) is 12.5. The van der Waals surface area contributed by atoms with Crippen LogP contribution in [0.5, 0.6) is 0 Å². The Morgan fingerprint density at radius 1 is 0.769 bits per heavy atom. The SMILES string of the molecule is C1CCC1.C1CCC1.[CH2-]CC.[CH3-].[Y]. The molecule has 0 bridgehead atoms. The average molecular weight is 259 g/mol. The molecule has 13 heavy (non-hydrogen) atoms. The zero-order chi connectivity index (χ0) is 8.36. The number of hydrogen-bond acceptors (Lipinski definition) is 0. The van der Waals surface area contributed by atoms with Gasteiger partial charge >= 0.3 is 0 Å². The third-order valence-corrected chi connectivity index (χ3v) is 2.00. The average Bonchev–Trinajstić information content (AvgIpc) is 1.52. The molecule has 0 saturated heterocycles. The van der Waals surface area contributed by atoms with Crippen molar-refractivity contribution in [3.63, 3.8) is 0 Å². The summed E-state index contributed by atoms with van der Waals surface area (Å²) in [6.45, 7) is 5.50. The van der Waals surface area contributed by atoms with Crippen LogP contribution in [-0.4, -0.2) is 0 Å². The molecular formula is C12H26Y-2. The first-order valence-electron chi connectivity index (χ1n) is 5.21. The van der Waals surface area contributed by atoms with Gasteiger partial charge in [0.05, 0.1) is 0 Å². The van der Waals surface area contributed by atoms with Crippen molar-refractivity contribution in [2.45, 2.75) is 64.7 Å². The predicted molar refractivity (Wildman–Crippen MR) is 59.0 cm³/mol. The summed E-state index contributed by atoms with van der Waals surface area (Å²) in [5.41, 5.74) is 0. The fourth-order valence-electron chi connectivity index (χ4n) is 0.500. The number of rotatable bonds is 0. The molecule has 0 N–H and O–H groups in total. The summed E-state index contributed by atoms with van der Waals surface area (Å²) in [5, 5.41) is 0. The van der Waals surface area contributed by atoms with Crippen LogP contribution in [0, 0.1) is 14.4 Å². The largest absolute Gasteiger partial charge is 0.358 e. The van der Waals surface area contributed by atoms with Gasteiger partial charge in [-0.15, -0.1) is 0 Å². The minimum Gasteiger partial charge on any atom is -0.358 e. The molecular weight excluding hydrogens is 233 g/mol. The van der Waals surface area contributed by atoms with Gasteiger partial charge in [-0.2, -0.15) is 6.42 Å². The summed E-state index contributed by atoms with van der Waals surface area (Å²) in [6, 6.07) is 0. The Balaban J connectivity index is -0.000000109. The van der Waals surface area contributed by atoms with Crippen LogP contribution in [0.3, 0.4) is 0 Å². The molecule has 2 fully saturated rings. The van der Waals surface area contributed by atoms with Crippen molar-refractivity contribution in [2.75, 3.05) is 0 Å². The first-order valence-corrected chi connectivity index (χ1v) is 5.21. The van der Waals surface area contributed by atoms with Crippen LogP contribution in [0.25, 0.3) is 0 Å². The maximum atomic E-state index is 3.49. The second kappa shape index (κ2) is 18.8. The fourth-order valence-corrected chi connectivity index (χ4v) is 0.500. The molecule has 79 valence electrons. The molecule has 2 rings (SSSR count). The summed E-state index contributed by atoms with van der Waals surface area (Å²) in [5.74, 6) is 0. The monoisotopic (exact) mass is 259 g/mol. The van der Waals surface area contributed by atoms with Crippen molar-refractivity contribution in [1.29, 1.82) is 0 Å². The van der Waals surface area contributed by atoms with Crippen LogP contribution in [-0.2, 0) is 32.7 Å². The zero-order valence-electron chi connectivity index (χ0n) is 9.65. The summed E-state index contributed by atoms with van der Waals surface area (Å²) in [4.78, 5) is 0. The van der Waals surface area contributed by atoms with Crippen LogP contribution < -0.4 is 0 Å². The van der Waals surface area contributed by atoms with Crippen molar-refractivity contribution in [3.8, 4) is 0 Å². The van der Waals surface area contributed by atoms with E-state index in [0.29, 0.717) is 0 Å². The maximum absolute atomic E-state index is 3.49. The van der Waals surface area contributed by atoms with E-state index in [4.69, 9.17) is 0 Å². The smallest absolute Gasteiger partial charge is 0 e. The second-order valence-electron chi connectivity index (χ2n) is 3.33. The van der Waals surface area contributed by atoms with Crippen molar-refractivity contribution < 1.29 is 32.7 Å². The van der Waals surface area contributed by atoms with Gasteiger partial charge in [0.2, 0.25) is 0 Å². The molecule has 0 amide bonds. The number of hydrogen-bond donors (Lipinski definition) is 0. The Labute approximate surface area is 111 Å². The molecule has 0 aromatic rings. The van der Waals surface area contributed by atoms with Gasteiger partial charge in [0.15, 0.2) is 0 Å². The van der Waals surface area contributed by atoms with Crippen LogP contribution in [0.1, 0.15) is 64.7 Å². The van der Waals surface area contributed by atoms with E-state index in [1.54, 1.807) is 0 Å². The van der Waals surface area contributed by atoms with Gasteiger partial charge in [-0.05, 0) is 0 Å². The Morgan fingerprint density at radius 2 is 0.846 bits per heavy atom. The van der Waals surface area contributed by atoms with Gasteiger partial charge in [-0.25, -0.2) is 0 Å². The molecule has 0 unspecified atom stereocenters. The third kappa shape index (κ3) is 19.5. The van der Waals surface area contributed by atoms with E-state index in [0.717, 1.165) is 6.42 Å². The molecule has 2 aliphatic rings. The Hall–Kier alpha value is 1.10. The molecule has 2 saturated carbocycles. The molecule has 0 aliphatic heterocycles. The van der Waals surface area contributed by atoms with E-state index < -0.39 is 0 Å². The summed E-state index contributed by atoms with van der Waals surface area (Å²) >= 11 is 0. The van der Waals surface area contributed by atoms with Crippen molar-refractivity contribution in [2.24, 2.45) is 0 Å². The van der Waals surface area contributed by atoms with Crippen molar-refractivity contribution in [1.82, 2.24) is 0 Å². The van der Waals surface area contributed by atoms with E-state index in [9.17, 15) is 0 Å². The predicted octanol–water partition coefficient (Wildman–Crippen LogP) is 4.80. The first kappa shape index (κ1) is 19.6. The molecule has 2 aliphatic carbocycles. The van der Waals surface area contributed by atoms with Crippen molar-refractivity contribution in [3.05, 3.63) is 14.4 Å². The molecule has 0 heterocycles. The van der Waals surface area contributed by atoms with E-state index in [1.807, 2.05) is 6.92 Å². The van der Waals surface area contributed by atoms with E-state index in [-0.39, 0.29) is 40.1 Å². The normalized spacial score (nSPS) is 16.2. The van der Waals surface area contributed by atoms with Gasteiger partial charge in [-0.3, -0.25) is 0 Å². The van der Waals surface area contributed by atoms with Gasteiger partial charge in [0, 0.05) is 32.7 Å². The van der Waals surface area contributed by atoms with Crippen LogP contribution in [0.4, 0.5) is 0 Å².